The van der Waals surface area contributed by atoms with Crippen LogP contribution in [0.3, 0.4) is 0 Å². The maximum atomic E-state index is 11.9. The molecule has 7 heteroatoms. The van der Waals surface area contributed by atoms with Crippen molar-refractivity contribution >= 4 is 20.0 Å². The predicted octanol–water partition coefficient (Wildman–Crippen LogP) is 1.76. The summed E-state index contributed by atoms with van der Waals surface area (Å²) >= 11 is 0. The van der Waals surface area contributed by atoms with Crippen LogP contribution in [-0.2, 0) is 20.0 Å². The smallest absolute Gasteiger partial charge is 0.309 e. The van der Waals surface area contributed by atoms with Crippen molar-refractivity contribution in [2.24, 2.45) is 0 Å². The van der Waals surface area contributed by atoms with Gasteiger partial charge in [-0.2, -0.15) is 8.42 Å². The van der Waals surface area contributed by atoms with Crippen molar-refractivity contribution in [1.82, 2.24) is 0 Å². The molecule has 0 spiro atoms. The van der Waals surface area contributed by atoms with Gasteiger partial charge in [-0.3, -0.25) is 0 Å². The molecule has 1 aromatic carbocycles. The highest BCUT2D eigenvalue weighted by Gasteiger charge is 2.17. The van der Waals surface area contributed by atoms with Gasteiger partial charge >= 0.3 is 10.1 Å². The monoisotopic (exact) mass is 320 g/mol. The van der Waals surface area contributed by atoms with Crippen LogP contribution >= 0.6 is 0 Å². The first-order chi connectivity index (χ1) is 9.02. The SMILES string of the molecule is Cc1ccc(C)c(OS(=O)(=O)CCCS(C)(=O)=O)c1C. The third-order valence-corrected chi connectivity index (χ3v) is 5.23. The second kappa shape index (κ2) is 6.13. The predicted molar refractivity (Wildman–Crippen MR) is 79.4 cm³/mol. The van der Waals surface area contributed by atoms with Crippen molar-refractivity contribution in [3.63, 3.8) is 0 Å². The Bertz CT molecular complexity index is 688. The normalized spacial score (nSPS) is 12.4. The molecule has 0 N–H and O–H groups in total. The Morgan fingerprint density at radius 1 is 0.950 bits per heavy atom. The molecular weight excluding hydrogens is 300 g/mol. The van der Waals surface area contributed by atoms with E-state index in [2.05, 4.69) is 0 Å². The lowest BCUT2D eigenvalue weighted by Gasteiger charge is -2.13. The zero-order valence-electron chi connectivity index (χ0n) is 12.1. The summed E-state index contributed by atoms with van der Waals surface area (Å²) < 4.78 is 50.9. The summed E-state index contributed by atoms with van der Waals surface area (Å²) in [6.45, 7) is 5.44. The van der Waals surface area contributed by atoms with E-state index in [1.165, 1.54) is 0 Å². The van der Waals surface area contributed by atoms with Gasteiger partial charge in [0.1, 0.15) is 15.6 Å². The number of benzene rings is 1. The molecule has 0 aliphatic carbocycles. The van der Waals surface area contributed by atoms with Crippen molar-refractivity contribution in [2.75, 3.05) is 17.8 Å². The first-order valence-electron chi connectivity index (χ1n) is 6.18. The fraction of sp³-hybridized carbons (Fsp3) is 0.538. The summed E-state index contributed by atoms with van der Waals surface area (Å²) in [7, 11) is -6.95. The molecule has 0 heterocycles. The minimum Gasteiger partial charge on any atom is -0.382 e. The van der Waals surface area contributed by atoms with Gasteiger partial charge in [0.15, 0.2) is 0 Å². The quantitative estimate of drug-likeness (QED) is 0.746. The van der Waals surface area contributed by atoms with Crippen LogP contribution in [0.2, 0.25) is 0 Å². The second-order valence-electron chi connectivity index (χ2n) is 4.98. The van der Waals surface area contributed by atoms with Crippen molar-refractivity contribution in [1.29, 1.82) is 0 Å². The molecule has 0 amide bonds. The third-order valence-electron chi connectivity index (χ3n) is 2.99. The van der Waals surface area contributed by atoms with Crippen LogP contribution in [0, 0.1) is 20.8 Å². The molecule has 0 aliphatic heterocycles. The molecular formula is C13H20O5S2. The average molecular weight is 320 g/mol. The molecule has 0 radical (unpaired) electrons. The molecule has 0 aromatic heterocycles. The van der Waals surface area contributed by atoms with Gasteiger partial charge in [-0.25, -0.2) is 8.42 Å². The first-order valence-corrected chi connectivity index (χ1v) is 9.82. The molecule has 1 aromatic rings. The zero-order valence-corrected chi connectivity index (χ0v) is 13.8. The van der Waals surface area contributed by atoms with Crippen molar-refractivity contribution in [3.05, 3.63) is 28.8 Å². The van der Waals surface area contributed by atoms with Crippen molar-refractivity contribution in [2.45, 2.75) is 27.2 Å². The Morgan fingerprint density at radius 3 is 2.05 bits per heavy atom. The second-order valence-corrected chi connectivity index (χ2v) is 8.93. The highest BCUT2D eigenvalue weighted by Crippen LogP contribution is 2.27. The van der Waals surface area contributed by atoms with Gasteiger partial charge in [0, 0.05) is 6.26 Å². The summed E-state index contributed by atoms with van der Waals surface area (Å²) in [6.07, 6.45) is 1.11. The van der Waals surface area contributed by atoms with Crippen LogP contribution in [0.1, 0.15) is 23.1 Å². The molecule has 114 valence electrons. The van der Waals surface area contributed by atoms with Crippen LogP contribution in [0.15, 0.2) is 12.1 Å². The molecule has 0 atom stereocenters. The molecule has 0 aliphatic rings. The van der Waals surface area contributed by atoms with Crippen LogP contribution in [0.4, 0.5) is 0 Å². The van der Waals surface area contributed by atoms with Gasteiger partial charge in [-0.15, -0.1) is 0 Å². The van der Waals surface area contributed by atoms with Crippen LogP contribution in [0.5, 0.6) is 5.75 Å². The summed E-state index contributed by atoms with van der Waals surface area (Å²) in [4.78, 5) is 0. The van der Waals surface area contributed by atoms with Crippen LogP contribution in [-0.4, -0.2) is 34.6 Å². The molecule has 5 nitrogen and oxygen atoms in total. The molecule has 0 bridgehead atoms. The van der Waals surface area contributed by atoms with Crippen molar-refractivity contribution in [3.8, 4) is 5.75 Å². The van der Waals surface area contributed by atoms with E-state index in [4.69, 9.17) is 4.18 Å². The first kappa shape index (κ1) is 17.0. The van der Waals surface area contributed by atoms with Gasteiger partial charge in [-0.05, 0) is 43.9 Å². The minimum atomic E-state index is -3.78. The van der Waals surface area contributed by atoms with E-state index in [1.54, 1.807) is 19.9 Å². The standard InChI is InChI=1S/C13H20O5S2/c1-10-6-7-11(2)13(12(10)3)18-20(16,17)9-5-8-19(4,14)15/h6-7H,5,8-9H2,1-4H3. The lowest BCUT2D eigenvalue weighted by atomic mass is 10.1. The van der Waals surface area contributed by atoms with Gasteiger partial charge in [0.25, 0.3) is 0 Å². The summed E-state index contributed by atoms with van der Waals surface area (Å²) in [5.74, 6) is -0.141. The lowest BCUT2D eigenvalue weighted by Crippen LogP contribution is -2.17. The number of sulfone groups is 1. The van der Waals surface area contributed by atoms with E-state index < -0.39 is 20.0 Å². The number of rotatable bonds is 6. The fourth-order valence-corrected chi connectivity index (χ4v) is 3.66. The van der Waals surface area contributed by atoms with E-state index in [0.29, 0.717) is 5.75 Å². The molecule has 0 fully saturated rings. The number of hydrogen-bond acceptors (Lipinski definition) is 5. The number of hydrogen-bond donors (Lipinski definition) is 0. The highest BCUT2D eigenvalue weighted by molar-refractivity contribution is 7.90. The molecule has 20 heavy (non-hydrogen) atoms. The Morgan fingerprint density at radius 2 is 1.50 bits per heavy atom. The van der Waals surface area contributed by atoms with E-state index in [1.807, 2.05) is 13.0 Å². The van der Waals surface area contributed by atoms with Gasteiger partial charge < -0.3 is 4.18 Å². The summed E-state index contributed by atoms with van der Waals surface area (Å²) in [6, 6.07) is 3.69. The largest absolute Gasteiger partial charge is 0.382 e. The van der Waals surface area contributed by atoms with E-state index in [-0.39, 0.29) is 17.9 Å². The van der Waals surface area contributed by atoms with Crippen LogP contribution < -0.4 is 4.18 Å². The Kier molecular flexibility index (Phi) is 5.21. The van der Waals surface area contributed by atoms with Crippen molar-refractivity contribution < 1.29 is 21.0 Å². The van der Waals surface area contributed by atoms with E-state index in [9.17, 15) is 16.8 Å². The Hall–Kier alpha value is -1.08. The number of aryl methyl sites for hydroxylation is 2. The Labute approximate surface area is 121 Å². The van der Waals surface area contributed by atoms with E-state index >= 15 is 0 Å². The lowest BCUT2D eigenvalue weighted by molar-refractivity contribution is 0.481. The minimum absolute atomic E-state index is 0.0328. The zero-order chi connectivity index (χ0) is 15.6. The van der Waals surface area contributed by atoms with Gasteiger partial charge in [0.05, 0.1) is 11.5 Å². The topological polar surface area (TPSA) is 77.5 Å². The van der Waals surface area contributed by atoms with Crippen LogP contribution in [0.25, 0.3) is 0 Å². The maximum Gasteiger partial charge on any atom is 0.309 e. The molecule has 0 saturated carbocycles. The Balaban J connectivity index is 2.85. The molecule has 1 rings (SSSR count). The summed E-state index contributed by atoms with van der Waals surface area (Å²) in [5.41, 5.74) is 2.45. The average Bonchev–Trinajstić information content (AvgIpc) is 2.28. The molecule has 0 saturated heterocycles. The summed E-state index contributed by atoms with van der Waals surface area (Å²) in [5, 5.41) is 0. The maximum absolute atomic E-state index is 11.9. The van der Waals surface area contributed by atoms with Gasteiger partial charge in [-0.1, -0.05) is 12.1 Å². The van der Waals surface area contributed by atoms with E-state index in [0.717, 1.165) is 22.9 Å². The highest BCUT2D eigenvalue weighted by atomic mass is 32.2. The third kappa shape index (κ3) is 5.13. The van der Waals surface area contributed by atoms with Gasteiger partial charge in [0.2, 0.25) is 0 Å². The molecule has 0 unspecified atom stereocenters. The fourth-order valence-electron chi connectivity index (χ4n) is 1.72.